The highest BCUT2D eigenvalue weighted by Crippen LogP contribution is 2.17. The largest absolute Gasteiger partial charge is 0.348 e. The summed E-state index contributed by atoms with van der Waals surface area (Å²) in [6, 6.07) is 0.647. The van der Waals surface area contributed by atoms with Crippen LogP contribution in [-0.2, 0) is 13.6 Å². The molecule has 1 aliphatic heterocycles. The molecule has 1 fully saturated rings. The Morgan fingerprint density at radius 3 is 2.48 bits per heavy atom. The molecule has 120 valence electrons. The van der Waals surface area contributed by atoms with Gasteiger partial charge < -0.3 is 14.8 Å². The Labute approximate surface area is 129 Å². The number of imidazole rings is 1. The van der Waals surface area contributed by atoms with Gasteiger partial charge in [-0.1, -0.05) is 13.8 Å². The summed E-state index contributed by atoms with van der Waals surface area (Å²) in [5, 5.41) is 3.63. The van der Waals surface area contributed by atoms with E-state index in [1.54, 1.807) is 0 Å². The zero-order chi connectivity index (χ0) is 15.4. The van der Waals surface area contributed by atoms with Crippen LogP contribution in [0.5, 0.6) is 0 Å². The van der Waals surface area contributed by atoms with Crippen molar-refractivity contribution in [3.05, 3.63) is 11.9 Å². The van der Waals surface area contributed by atoms with E-state index in [1.807, 2.05) is 25.2 Å². The van der Waals surface area contributed by atoms with Crippen LogP contribution in [0.25, 0.3) is 0 Å². The van der Waals surface area contributed by atoms with Crippen molar-refractivity contribution in [1.82, 2.24) is 19.8 Å². The molecule has 1 aliphatic rings. The number of rotatable bonds is 7. The first kappa shape index (κ1) is 16.3. The van der Waals surface area contributed by atoms with E-state index < -0.39 is 0 Å². The Bertz CT molecular complexity index is 432. The van der Waals surface area contributed by atoms with Crippen molar-refractivity contribution < 1.29 is 0 Å². The van der Waals surface area contributed by atoms with E-state index in [4.69, 9.17) is 0 Å². The molecule has 5 nitrogen and oxygen atoms in total. The van der Waals surface area contributed by atoms with Crippen LogP contribution in [0.2, 0.25) is 0 Å². The summed E-state index contributed by atoms with van der Waals surface area (Å²) in [5.74, 6) is 1.70. The fourth-order valence-electron chi connectivity index (χ4n) is 3.22. The predicted octanol–water partition coefficient (Wildman–Crippen LogP) is 1.70. The van der Waals surface area contributed by atoms with E-state index in [-0.39, 0.29) is 0 Å². The summed E-state index contributed by atoms with van der Waals surface area (Å²) in [5.41, 5.74) is 1.24. The number of nitrogens with zero attached hydrogens (tertiary/aromatic N) is 4. The second kappa shape index (κ2) is 7.27. The molecule has 21 heavy (non-hydrogen) atoms. The lowest BCUT2D eigenvalue weighted by atomic mass is 10.0. The first-order valence-electron chi connectivity index (χ1n) is 8.13. The third-order valence-corrected chi connectivity index (χ3v) is 4.50. The maximum Gasteiger partial charge on any atom is 0.204 e. The highest BCUT2D eigenvalue weighted by atomic mass is 15.3. The highest BCUT2D eigenvalue weighted by Gasteiger charge is 2.24. The normalized spacial score (nSPS) is 17.6. The summed E-state index contributed by atoms with van der Waals surface area (Å²) in [7, 11) is 6.14. The van der Waals surface area contributed by atoms with E-state index >= 15 is 0 Å². The lowest BCUT2D eigenvalue weighted by Crippen LogP contribution is -2.44. The summed E-state index contributed by atoms with van der Waals surface area (Å²) >= 11 is 0. The van der Waals surface area contributed by atoms with Gasteiger partial charge in [-0.15, -0.1) is 0 Å². The molecule has 1 N–H and O–H groups in total. The van der Waals surface area contributed by atoms with E-state index in [0.29, 0.717) is 12.0 Å². The average Bonchev–Trinajstić information content (AvgIpc) is 3.04. The van der Waals surface area contributed by atoms with Gasteiger partial charge in [-0.05, 0) is 31.8 Å². The molecule has 2 rings (SSSR count). The van der Waals surface area contributed by atoms with E-state index in [2.05, 4.69) is 40.7 Å². The molecule has 0 aliphatic carbocycles. The van der Waals surface area contributed by atoms with Gasteiger partial charge in [0.1, 0.15) is 0 Å². The quantitative estimate of drug-likeness (QED) is 0.830. The van der Waals surface area contributed by atoms with Crippen LogP contribution in [0.15, 0.2) is 6.20 Å². The van der Waals surface area contributed by atoms with Gasteiger partial charge in [0.2, 0.25) is 5.95 Å². The van der Waals surface area contributed by atoms with Crippen LogP contribution in [0, 0.1) is 5.92 Å². The van der Waals surface area contributed by atoms with Crippen molar-refractivity contribution in [2.75, 3.05) is 38.6 Å². The Balaban J connectivity index is 1.87. The van der Waals surface area contributed by atoms with E-state index in [0.717, 1.165) is 19.0 Å². The fraction of sp³-hybridized carbons (Fsp3) is 0.812. The Kier molecular flexibility index (Phi) is 5.65. The van der Waals surface area contributed by atoms with E-state index in [1.165, 1.54) is 31.6 Å². The summed E-state index contributed by atoms with van der Waals surface area (Å²) < 4.78 is 2.16. The molecule has 0 radical (unpaired) electrons. The molecular formula is C16H31N5. The minimum absolute atomic E-state index is 0.647. The second-order valence-corrected chi connectivity index (χ2v) is 6.69. The second-order valence-electron chi connectivity index (χ2n) is 6.69. The van der Waals surface area contributed by atoms with Crippen molar-refractivity contribution in [1.29, 1.82) is 0 Å². The van der Waals surface area contributed by atoms with Crippen LogP contribution < -0.4 is 10.2 Å². The van der Waals surface area contributed by atoms with Crippen molar-refractivity contribution in [3.63, 3.8) is 0 Å². The molecule has 1 aromatic heterocycles. The van der Waals surface area contributed by atoms with Gasteiger partial charge in [0.05, 0.1) is 11.9 Å². The lowest BCUT2D eigenvalue weighted by molar-refractivity contribution is 0.186. The number of nitrogens with one attached hydrogen (secondary N) is 1. The molecule has 1 saturated heterocycles. The first-order chi connectivity index (χ1) is 10.0. The number of likely N-dealkylation sites (tertiary alicyclic amines) is 1. The van der Waals surface area contributed by atoms with Gasteiger partial charge in [0.15, 0.2) is 0 Å². The zero-order valence-corrected chi connectivity index (χ0v) is 14.3. The number of anilines is 1. The number of hydrogen-bond acceptors (Lipinski definition) is 4. The minimum Gasteiger partial charge on any atom is -0.348 e. The van der Waals surface area contributed by atoms with Gasteiger partial charge >= 0.3 is 0 Å². The first-order valence-corrected chi connectivity index (χ1v) is 8.13. The van der Waals surface area contributed by atoms with Crippen molar-refractivity contribution in [2.45, 2.75) is 39.3 Å². The Morgan fingerprint density at radius 1 is 1.29 bits per heavy atom. The lowest BCUT2D eigenvalue weighted by Gasteiger charge is -2.31. The predicted molar refractivity (Wildman–Crippen MR) is 88.7 cm³/mol. The summed E-state index contributed by atoms with van der Waals surface area (Å²) in [6.07, 6.45) is 4.69. The molecule has 0 saturated carbocycles. The van der Waals surface area contributed by atoms with Gasteiger partial charge in [0.25, 0.3) is 0 Å². The van der Waals surface area contributed by atoms with E-state index in [9.17, 15) is 0 Å². The standard InChI is InChI=1S/C16H31N5/c1-13(2)15(21-8-6-7-9-21)12-17-10-14-11-18-16(19(3)4)20(14)5/h11,13,15,17H,6-10,12H2,1-5H3. The van der Waals surface area contributed by atoms with Crippen molar-refractivity contribution in [2.24, 2.45) is 13.0 Å². The average molecular weight is 293 g/mol. The van der Waals surface area contributed by atoms with Gasteiger partial charge in [0, 0.05) is 40.3 Å². The van der Waals surface area contributed by atoms with Crippen LogP contribution in [0.4, 0.5) is 5.95 Å². The molecule has 0 amide bonds. The number of aromatic nitrogens is 2. The maximum absolute atomic E-state index is 4.46. The van der Waals surface area contributed by atoms with Crippen LogP contribution in [0.3, 0.4) is 0 Å². The molecule has 1 atom stereocenters. The summed E-state index contributed by atoms with van der Waals surface area (Å²) in [6.45, 7) is 9.13. The molecule has 1 aromatic rings. The Hall–Kier alpha value is -1.07. The molecular weight excluding hydrogens is 262 g/mol. The molecule has 0 spiro atoms. The fourth-order valence-corrected chi connectivity index (χ4v) is 3.22. The minimum atomic E-state index is 0.647. The monoisotopic (exact) mass is 293 g/mol. The molecule has 0 bridgehead atoms. The zero-order valence-electron chi connectivity index (χ0n) is 14.3. The van der Waals surface area contributed by atoms with Crippen LogP contribution in [0.1, 0.15) is 32.4 Å². The molecule has 0 aromatic carbocycles. The molecule has 1 unspecified atom stereocenters. The highest BCUT2D eigenvalue weighted by molar-refractivity contribution is 5.30. The third-order valence-electron chi connectivity index (χ3n) is 4.50. The van der Waals surface area contributed by atoms with Crippen LogP contribution >= 0.6 is 0 Å². The number of hydrogen-bond donors (Lipinski definition) is 1. The molecule has 2 heterocycles. The Morgan fingerprint density at radius 2 is 1.95 bits per heavy atom. The van der Waals surface area contributed by atoms with Gasteiger partial charge in [-0.3, -0.25) is 4.90 Å². The van der Waals surface area contributed by atoms with Crippen molar-refractivity contribution >= 4 is 5.95 Å². The smallest absolute Gasteiger partial charge is 0.204 e. The SMILES string of the molecule is CC(C)C(CNCc1cnc(N(C)C)n1C)N1CCCC1. The molecule has 5 heteroatoms. The van der Waals surface area contributed by atoms with Gasteiger partial charge in [-0.25, -0.2) is 4.98 Å². The third kappa shape index (κ3) is 3.98. The topological polar surface area (TPSA) is 36.3 Å². The summed E-state index contributed by atoms with van der Waals surface area (Å²) in [4.78, 5) is 9.16. The maximum atomic E-state index is 4.46. The van der Waals surface area contributed by atoms with Crippen molar-refractivity contribution in [3.8, 4) is 0 Å². The van der Waals surface area contributed by atoms with Gasteiger partial charge in [-0.2, -0.15) is 0 Å². The van der Waals surface area contributed by atoms with Crippen LogP contribution in [-0.4, -0.2) is 54.2 Å².